The van der Waals surface area contributed by atoms with Crippen LogP contribution in [0.5, 0.6) is 0 Å². The van der Waals surface area contributed by atoms with Gasteiger partial charge in [-0.05, 0) is 19.9 Å². The summed E-state index contributed by atoms with van der Waals surface area (Å²) in [7, 11) is 0. The van der Waals surface area contributed by atoms with Gasteiger partial charge in [-0.15, -0.1) is 0 Å². The molecule has 1 heterocycles. The number of rotatable bonds is 1. The van der Waals surface area contributed by atoms with E-state index in [1.165, 1.54) is 4.68 Å². The van der Waals surface area contributed by atoms with Crippen molar-refractivity contribution in [2.24, 2.45) is 0 Å². The largest absolute Gasteiger partial charge is 0.274 e. The highest BCUT2D eigenvalue weighted by molar-refractivity contribution is 5.83. The highest BCUT2D eigenvalue weighted by Gasteiger charge is 2.04. The molecule has 0 aliphatic carbocycles. The number of fused-ring (bicyclic) bond motifs is 1. The van der Waals surface area contributed by atoms with E-state index in [1.807, 2.05) is 65.8 Å². The van der Waals surface area contributed by atoms with Crippen molar-refractivity contribution < 1.29 is 0 Å². The fourth-order valence-corrected chi connectivity index (χ4v) is 1.62. The molecule has 0 N–H and O–H groups in total. The minimum Gasteiger partial charge on any atom is -0.267 e. The van der Waals surface area contributed by atoms with Crippen molar-refractivity contribution in [3.8, 4) is 0 Å². The molecule has 2 rings (SSSR count). The Hall–Kier alpha value is -1.64. The number of nitrogens with zero attached hydrogens (tertiary/aromatic N) is 2. The molecule has 0 atom stereocenters. The van der Waals surface area contributed by atoms with Gasteiger partial charge in [0, 0.05) is 11.9 Å². The van der Waals surface area contributed by atoms with Gasteiger partial charge in [-0.2, -0.15) is 5.10 Å². The van der Waals surface area contributed by atoms with Gasteiger partial charge in [0.1, 0.15) is 0 Å². The fourth-order valence-electron chi connectivity index (χ4n) is 1.62. The first-order valence-electron chi connectivity index (χ1n) is 6.70. The zero-order chi connectivity index (χ0) is 14.1. The van der Waals surface area contributed by atoms with E-state index >= 15 is 0 Å². The quantitative estimate of drug-likeness (QED) is 0.770. The molecular weight excluding hydrogens is 224 g/mol. The van der Waals surface area contributed by atoms with E-state index in [1.54, 1.807) is 0 Å². The molecule has 0 unspecified atom stereocenters. The average Bonchev–Trinajstić information content (AvgIpc) is 2.47. The van der Waals surface area contributed by atoms with Crippen LogP contribution in [-0.2, 0) is 6.54 Å². The van der Waals surface area contributed by atoms with Crippen LogP contribution in [0.25, 0.3) is 10.8 Å². The minimum atomic E-state index is -0.00583. The third-order valence-corrected chi connectivity index (χ3v) is 2.35. The van der Waals surface area contributed by atoms with Crippen LogP contribution in [0.3, 0.4) is 0 Å². The highest BCUT2D eigenvalue weighted by atomic mass is 16.1. The molecule has 0 saturated heterocycles. The fraction of sp³-hybridized carbons (Fsp3) is 0.467. The predicted molar refractivity (Wildman–Crippen MR) is 79.1 cm³/mol. The highest BCUT2D eigenvalue weighted by Crippen LogP contribution is 2.11. The summed E-state index contributed by atoms with van der Waals surface area (Å²) in [4.78, 5) is 11.8. The van der Waals surface area contributed by atoms with Crippen molar-refractivity contribution in [2.45, 2.75) is 48.1 Å². The van der Waals surface area contributed by atoms with Crippen LogP contribution >= 0.6 is 0 Å². The van der Waals surface area contributed by atoms with E-state index in [9.17, 15) is 4.79 Å². The molecule has 0 radical (unpaired) electrons. The van der Waals surface area contributed by atoms with E-state index in [0.717, 1.165) is 16.5 Å². The smallest absolute Gasteiger partial charge is 0.267 e. The third-order valence-electron chi connectivity index (χ3n) is 2.35. The topological polar surface area (TPSA) is 34.9 Å². The number of benzene rings is 1. The van der Waals surface area contributed by atoms with Gasteiger partial charge in [-0.25, -0.2) is 4.68 Å². The minimum absolute atomic E-state index is 0.00583. The van der Waals surface area contributed by atoms with Crippen molar-refractivity contribution in [2.75, 3.05) is 0 Å². The van der Waals surface area contributed by atoms with E-state index in [0.29, 0.717) is 6.54 Å². The predicted octanol–water partition coefficient (Wildman–Crippen LogP) is 3.78. The number of aromatic nitrogens is 2. The SMILES string of the molecule is CC.CC.CCn1nc(C)c2ccccc2c1=O. The molecule has 0 spiro atoms. The van der Waals surface area contributed by atoms with E-state index in [2.05, 4.69) is 5.10 Å². The monoisotopic (exact) mass is 248 g/mol. The van der Waals surface area contributed by atoms with Crippen LogP contribution in [0.15, 0.2) is 29.1 Å². The lowest BCUT2D eigenvalue weighted by Gasteiger charge is -2.05. The number of hydrogen-bond acceptors (Lipinski definition) is 2. The molecule has 0 aliphatic heterocycles. The summed E-state index contributed by atoms with van der Waals surface area (Å²) in [6.07, 6.45) is 0. The zero-order valence-electron chi connectivity index (χ0n) is 12.3. The first-order valence-corrected chi connectivity index (χ1v) is 6.70. The molecule has 100 valence electrons. The van der Waals surface area contributed by atoms with Gasteiger partial charge in [0.05, 0.1) is 11.1 Å². The molecule has 0 bridgehead atoms. The summed E-state index contributed by atoms with van der Waals surface area (Å²) < 4.78 is 1.50. The summed E-state index contributed by atoms with van der Waals surface area (Å²) in [5.41, 5.74) is 0.899. The Kier molecular flexibility index (Phi) is 7.68. The van der Waals surface area contributed by atoms with Crippen LogP contribution in [0.2, 0.25) is 0 Å². The molecule has 3 heteroatoms. The maximum atomic E-state index is 11.8. The molecule has 18 heavy (non-hydrogen) atoms. The Morgan fingerprint density at radius 3 is 2.06 bits per heavy atom. The maximum absolute atomic E-state index is 11.8. The number of aryl methyl sites for hydroxylation is 2. The van der Waals surface area contributed by atoms with Crippen molar-refractivity contribution in [3.63, 3.8) is 0 Å². The van der Waals surface area contributed by atoms with E-state index in [-0.39, 0.29) is 5.56 Å². The molecular formula is C15H24N2O. The first-order chi connectivity index (χ1) is 8.74. The lowest BCUT2D eigenvalue weighted by Crippen LogP contribution is -2.22. The van der Waals surface area contributed by atoms with Gasteiger partial charge in [0.15, 0.2) is 0 Å². The van der Waals surface area contributed by atoms with Gasteiger partial charge < -0.3 is 0 Å². The van der Waals surface area contributed by atoms with Gasteiger partial charge in [-0.1, -0.05) is 45.9 Å². The molecule has 0 aliphatic rings. The van der Waals surface area contributed by atoms with Gasteiger partial charge in [0.25, 0.3) is 5.56 Å². The van der Waals surface area contributed by atoms with Crippen LogP contribution in [0.4, 0.5) is 0 Å². The third kappa shape index (κ3) is 3.42. The standard InChI is InChI=1S/C11H12N2O.2C2H6/c1-3-13-11(14)10-7-5-4-6-9(10)8(2)12-13;2*1-2/h4-7H,3H2,1-2H3;2*1-2H3. The molecule has 0 fully saturated rings. The lowest BCUT2D eigenvalue weighted by atomic mass is 10.1. The Balaban J connectivity index is 0.000000659. The Morgan fingerprint density at radius 2 is 1.56 bits per heavy atom. The van der Waals surface area contributed by atoms with E-state index in [4.69, 9.17) is 0 Å². The van der Waals surface area contributed by atoms with Gasteiger partial charge in [-0.3, -0.25) is 4.79 Å². The Morgan fingerprint density at radius 1 is 1.06 bits per heavy atom. The van der Waals surface area contributed by atoms with Crippen LogP contribution in [0, 0.1) is 6.92 Å². The second-order valence-corrected chi connectivity index (χ2v) is 3.25. The summed E-state index contributed by atoms with van der Waals surface area (Å²) in [6, 6.07) is 7.58. The van der Waals surface area contributed by atoms with Crippen molar-refractivity contribution >= 4 is 10.8 Å². The molecule has 2 aromatic rings. The van der Waals surface area contributed by atoms with Crippen molar-refractivity contribution in [1.29, 1.82) is 0 Å². The normalized spacial score (nSPS) is 9.00. The first kappa shape index (κ1) is 16.4. The van der Waals surface area contributed by atoms with Gasteiger partial charge >= 0.3 is 0 Å². The maximum Gasteiger partial charge on any atom is 0.274 e. The second-order valence-electron chi connectivity index (χ2n) is 3.25. The molecule has 1 aromatic heterocycles. The summed E-state index contributed by atoms with van der Waals surface area (Å²) in [6.45, 7) is 12.5. The second kappa shape index (κ2) is 8.45. The molecule has 3 nitrogen and oxygen atoms in total. The average molecular weight is 248 g/mol. The summed E-state index contributed by atoms with van der Waals surface area (Å²) >= 11 is 0. The van der Waals surface area contributed by atoms with Gasteiger partial charge in [0.2, 0.25) is 0 Å². The number of hydrogen-bond donors (Lipinski definition) is 0. The summed E-state index contributed by atoms with van der Waals surface area (Å²) in [5.74, 6) is 0. The van der Waals surface area contributed by atoms with Crippen molar-refractivity contribution in [3.05, 3.63) is 40.3 Å². The van der Waals surface area contributed by atoms with Crippen LogP contribution in [-0.4, -0.2) is 9.78 Å². The van der Waals surface area contributed by atoms with Crippen LogP contribution < -0.4 is 5.56 Å². The Labute approximate surface area is 109 Å². The van der Waals surface area contributed by atoms with Crippen LogP contribution in [0.1, 0.15) is 40.3 Å². The molecule has 1 aromatic carbocycles. The zero-order valence-corrected chi connectivity index (χ0v) is 12.3. The Bertz CT molecular complexity index is 529. The van der Waals surface area contributed by atoms with Crippen molar-refractivity contribution in [1.82, 2.24) is 9.78 Å². The summed E-state index contributed by atoms with van der Waals surface area (Å²) in [5, 5.41) is 5.92. The molecule has 0 saturated carbocycles. The lowest BCUT2D eigenvalue weighted by molar-refractivity contribution is 0.614. The molecule has 0 amide bonds. The van der Waals surface area contributed by atoms with E-state index < -0.39 is 0 Å².